The Morgan fingerprint density at radius 2 is 1.83 bits per heavy atom. The number of para-hydroxylation sites is 1. The Balaban J connectivity index is 2.17. The molecule has 0 radical (unpaired) electrons. The van der Waals surface area contributed by atoms with Crippen LogP contribution in [0.25, 0.3) is 27.3 Å². The second-order valence-corrected chi connectivity index (χ2v) is 6.13. The fourth-order valence-corrected chi connectivity index (χ4v) is 3.55. The number of hydrogen-bond acceptors (Lipinski definition) is 4. The van der Waals surface area contributed by atoms with Gasteiger partial charge in [0.15, 0.2) is 0 Å². The molecule has 4 aromatic rings. The van der Waals surface area contributed by atoms with Crippen molar-refractivity contribution in [1.82, 2.24) is 9.55 Å². The SMILES string of the molecule is O=C(O)c1c(-c2nccs2)n(-c2ccc(O)cc2)c2ccccc12. The van der Waals surface area contributed by atoms with Crippen LogP contribution in [0.2, 0.25) is 0 Å². The van der Waals surface area contributed by atoms with Crippen molar-refractivity contribution in [3.63, 3.8) is 0 Å². The summed E-state index contributed by atoms with van der Waals surface area (Å²) >= 11 is 1.39. The highest BCUT2D eigenvalue weighted by Gasteiger charge is 2.25. The summed E-state index contributed by atoms with van der Waals surface area (Å²) in [6.07, 6.45) is 1.66. The first-order chi connectivity index (χ1) is 11.7. The lowest BCUT2D eigenvalue weighted by atomic mass is 10.1. The zero-order valence-electron chi connectivity index (χ0n) is 12.4. The van der Waals surface area contributed by atoms with Crippen LogP contribution in [0.15, 0.2) is 60.1 Å². The molecule has 0 saturated carbocycles. The Kier molecular flexibility index (Phi) is 3.32. The summed E-state index contributed by atoms with van der Waals surface area (Å²) < 4.78 is 1.87. The van der Waals surface area contributed by atoms with Gasteiger partial charge in [-0.3, -0.25) is 0 Å². The normalized spacial score (nSPS) is 11.0. The average molecular weight is 336 g/mol. The van der Waals surface area contributed by atoms with Crippen molar-refractivity contribution in [2.75, 3.05) is 0 Å². The van der Waals surface area contributed by atoms with E-state index < -0.39 is 5.97 Å². The van der Waals surface area contributed by atoms with Gasteiger partial charge in [0, 0.05) is 22.7 Å². The summed E-state index contributed by atoms with van der Waals surface area (Å²) in [5.74, 6) is -0.835. The number of carboxylic acids is 1. The van der Waals surface area contributed by atoms with Crippen molar-refractivity contribution in [3.05, 3.63) is 65.7 Å². The quantitative estimate of drug-likeness (QED) is 0.589. The third kappa shape index (κ3) is 2.16. The minimum absolute atomic E-state index is 0.157. The number of aromatic nitrogens is 2. The van der Waals surface area contributed by atoms with Crippen LogP contribution in [0.5, 0.6) is 5.75 Å². The van der Waals surface area contributed by atoms with Crippen LogP contribution in [-0.2, 0) is 0 Å². The molecule has 6 heteroatoms. The number of hydrogen-bond donors (Lipinski definition) is 2. The first-order valence-electron chi connectivity index (χ1n) is 7.23. The third-order valence-corrected chi connectivity index (χ3v) is 4.61. The lowest BCUT2D eigenvalue weighted by Gasteiger charge is -2.10. The molecule has 5 nitrogen and oxygen atoms in total. The van der Waals surface area contributed by atoms with E-state index in [1.807, 2.05) is 28.1 Å². The predicted octanol–water partition coefficient (Wildman–Crippen LogP) is 4.16. The highest BCUT2D eigenvalue weighted by Crippen LogP contribution is 2.37. The lowest BCUT2D eigenvalue weighted by Crippen LogP contribution is -2.01. The maximum absolute atomic E-state index is 12.0. The number of phenols is 1. The van der Waals surface area contributed by atoms with Gasteiger partial charge in [-0.1, -0.05) is 18.2 Å². The van der Waals surface area contributed by atoms with Crippen molar-refractivity contribution in [2.45, 2.75) is 0 Å². The van der Waals surface area contributed by atoms with Gasteiger partial charge < -0.3 is 14.8 Å². The number of aromatic carboxylic acids is 1. The summed E-state index contributed by atoms with van der Waals surface area (Å²) in [5.41, 5.74) is 2.32. The summed E-state index contributed by atoms with van der Waals surface area (Å²) in [7, 11) is 0. The number of carbonyl (C=O) groups is 1. The molecule has 2 aromatic heterocycles. The molecule has 118 valence electrons. The fourth-order valence-electron chi connectivity index (χ4n) is 2.87. The van der Waals surface area contributed by atoms with E-state index in [0.29, 0.717) is 16.1 Å². The minimum Gasteiger partial charge on any atom is -0.508 e. The van der Waals surface area contributed by atoms with E-state index in [2.05, 4.69) is 4.98 Å². The maximum Gasteiger partial charge on any atom is 0.338 e. The Morgan fingerprint density at radius 3 is 2.50 bits per heavy atom. The van der Waals surface area contributed by atoms with Gasteiger partial charge >= 0.3 is 5.97 Å². The molecule has 0 aliphatic carbocycles. The van der Waals surface area contributed by atoms with Crippen molar-refractivity contribution < 1.29 is 15.0 Å². The lowest BCUT2D eigenvalue weighted by molar-refractivity contribution is 0.0700. The number of nitrogens with zero attached hydrogens (tertiary/aromatic N) is 2. The number of aromatic hydroxyl groups is 1. The topological polar surface area (TPSA) is 75.3 Å². The molecule has 0 bridgehead atoms. The van der Waals surface area contributed by atoms with Crippen LogP contribution in [0.1, 0.15) is 10.4 Å². The van der Waals surface area contributed by atoms with Gasteiger partial charge in [-0.05, 0) is 30.3 Å². The van der Waals surface area contributed by atoms with Gasteiger partial charge in [0.05, 0.1) is 16.8 Å². The molecule has 0 saturated heterocycles. The average Bonchev–Trinajstić information content (AvgIpc) is 3.21. The van der Waals surface area contributed by atoms with Crippen molar-refractivity contribution >= 4 is 28.2 Å². The molecule has 0 aliphatic heterocycles. The maximum atomic E-state index is 12.0. The van der Waals surface area contributed by atoms with Crippen LogP contribution in [0, 0.1) is 0 Å². The first-order valence-corrected chi connectivity index (χ1v) is 8.11. The van der Waals surface area contributed by atoms with Crippen LogP contribution >= 0.6 is 11.3 Å². The first kappa shape index (κ1) is 14.5. The van der Waals surface area contributed by atoms with Crippen LogP contribution in [-0.4, -0.2) is 25.7 Å². The molecule has 2 aromatic carbocycles. The monoisotopic (exact) mass is 336 g/mol. The minimum atomic E-state index is -0.992. The molecule has 0 unspecified atom stereocenters. The summed E-state index contributed by atoms with van der Waals surface area (Å²) in [6.45, 7) is 0. The third-order valence-electron chi connectivity index (χ3n) is 3.83. The van der Waals surface area contributed by atoms with Gasteiger partial charge in [0.25, 0.3) is 0 Å². The Bertz CT molecular complexity index is 1030. The van der Waals surface area contributed by atoms with Gasteiger partial charge in [-0.25, -0.2) is 9.78 Å². The highest BCUT2D eigenvalue weighted by molar-refractivity contribution is 7.13. The summed E-state index contributed by atoms with van der Waals surface area (Å²) in [5, 5.41) is 22.5. The van der Waals surface area contributed by atoms with Gasteiger partial charge in [-0.2, -0.15) is 0 Å². The van der Waals surface area contributed by atoms with Crippen LogP contribution < -0.4 is 0 Å². The number of fused-ring (bicyclic) bond motifs is 1. The molecule has 4 rings (SSSR count). The van der Waals surface area contributed by atoms with Gasteiger partial charge in [-0.15, -0.1) is 11.3 Å². The molecule has 0 aliphatic rings. The zero-order chi connectivity index (χ0) is 16.7. The second kappa shape index (κ2) is 5.50. The van der Waals surface area contributed by atoms with E-state index in [0.717, 1.165) is 11.2 Å². The van der Waals surface area contributed by atoms with E-state index in [9.17, 15) is 15.0 Å². The number of rotatable bonds is 3. The van der Waals surface area contributed by atoms with Crippen LogP contribution in [0.3, 0.4) is 0 Å². The van der Waals surface area contributed by atoms with Crippen molar-refractivity contribution in [3.8, 4) is 22.1 Å². The van der Waals surface area contributed by atoms with E-state index >= 15 is 0 Å². The van der Waals surface area contributed by atoms with Crippen molar-refractivity contribution in [1.29, 1.82) is 0 Å². The molecule has 0 atom stereocenters. The molecule has 24 heavy (non-hydrogen) atoms. The van der Waals surface area contributed by atoms with E-state index in [1.165, 1.54) is 11.3 Å². The molecular weight excluding hydrogens is 324 g/mol. The second-order valence-electron chi connectivity index (χ2n) is 5.23. The molecular formula is C18H12N2O3S. The molecule has 0 spiro atoms. The van der Waals surface area contributed by atoms with Gasteiger partial charge in [0.2, 0.25) is 0 Å². The van der Waals surface area contributed by atoms with E-state index in [-0.39, 0.29) is 11.3 Å². The molecule has 0 fully saturated rings. The Hall–Kier alpha value is -3.12. The number of phenolic OH excluding ortho intramolecular Hbond substituents is 1. The number of benzene rings is 2. The summed E-state index contributed by atoms with van der Waals surface area (Å²) in [6, 6.07) is 14.0. The highest BCUT2D eigenvalue weighted by atomic mass is 32.1. The Morgan fingerprint density at radius 1 is 1.08 bits per heavy atom. The summed E-state index contributed by atoms with van der Waals surface area (Å²) in [4.78, 5) is 16.3. The smallest absolute Gasteiger partial charge is 0.338 e. The number of thiazole rings is 1. The zero-order valence-corrected chi connectivity index (χ0v) is 13.2. The van der Waals surface area contributed by atoms with Crippen molar-refractivity contribution in [2.24, 2.45) is 0 Å². The largest absolute Gasteiger partial charge is 0.508 e. The van der Waals surface area contributed by atoms with Gasteiger partial charge in [0.1, 0.15) is 10.8 Å². The Labute approximate surface area is 141 Å². The standard InChI is InChI=1S/C18H12N2O3S/c21-12-7-5-11(6-8-12)20-14-4-2-1-3-13(14)15(18(22)23)16(20)17-19-9-10-24-17/h1-10,21H,(H,22,23). The van der Waals surface area contributed by atoms with Crippen LogP contribution in [0.4, 0.5) is 0 Å². The fraction of sp³-hybridized carbons (Fsp3) is 0. The van der Waals surface area contributed by atoms with E-state index in [4.69, 9.17) is 0 Å². The molecule has 2 heterocycles. The molecule has 2 N–H and O–H groups in total. The van der Waals surface area contributed by atoms with E-state index in [1.54, 1.807) is 36.5 Å². The number of carboxylic acid groups (broad SMARTS) is 1. The predicted molar refractivity (Wildman–Crippen MR) is 93.0 cm³/mol. The molecule has 0 amide bonds.